The third kappa shape index (κ3) is 3.01. The van der Waals surface area contributed by atoms with E-state index in [1.807, 2.05) is 12.1 Å². The van der Waals surface area contributed by atoms with Gasteiger partial charge < -0.3 is 0 Å². The van der Waals surface area contributed by atoms with E-state index in [1.165, 1.54) is 10.9 Å². The molecule has 106 valence electrons. The second-order valence-electron chi connectivity index (χ2n) is 6.36. The highest BCUT2D eigenvalue weighted by Gasteiger charge is 2.14. The van der Waals surface area contributed by atoms with E-state index in [9.17, 15) is 0 Å². The van der Waals surface area contributed by atoms with Gasteiger partial charge in [0.15, 0.2) is 0 Å². The number of pyridine rings is 1. The zero-order valence-electron chi connectivity index (χ0n) is 12.5. The van der Waals surface area contributed by atoms with Gasteiger partial charge in [-0.25, -0.2) is 4.98 Å². The predicted molar refractivity (Wildman–Crippen MR) is 93.6 cm³/mol. The van der Waals surface area contributed by atoms with Crippen LogP contribution in [0.25, 0.3) is 22.2 Å². The van der Waals surface area contributed by atoms with Crippen LogP contribution in [0, 0.1) is 0 Å². The Morgan fingerprint density at radius 1 is 0.905 bits per heavy atom. The first-order valence-corrected chi connectivity index (χ1v) is 7.90. The molecule has 0 fully saturated rings. The third-order valence-corrected chi connectivity index (χ3v) is 4.17. The van der Waals surface area contributed by atoms with Gasteiger partial charge in [0.05, 0.1) is 11.2 Å². The van der Waals surface area contributed by atoms with Crippen molar-refractivity contribution >= 4 is 26.8 Å². The summed E-state index contributed by atoms with van der Waals surface area (Å²) < 4.78 is 1.07. The van der Waals surface area contributed by atoms with E-state index in [0.717, 1.165) is 21.2 Å². The lowest BCUT2D eigenvalue weighted by Gasteiger charge is -2.19. The molecular weight excluding hydrogens is 322 g/mol. The lowest BCUT2D eigenvalue weighted by molar-refractivity contribution is 0.591. The lowest BCUT2D eigenvalue weighted by Crippen LogP contribution is -2.10. The van der Waals surface area contributed by atoms with Crippen molar-refractivity contribution < 1.29 is 0 Å². The first-order valence-electron chi connectivity index (χ1n) is 7.11. The van der Waals surface area contributed by atoms with Crippen LogP contribution in [-0.4, -0.2) is 4.98 Å². The summed E-state index contributed by atoms with van der Waals surface area (Å²) in [6, 6.07) is 19.0. The molecule has 1 heterocycles. The highest BCUT2D eigenvalue weighted by molar-refractivity contribution is 9.10. The molecule has 0 radical (unpaired) electrons. The van der Waals surface area contributed by atoms with Gasteiger partial charge in [-0.3, -0.25) is 0 Å². The van der Waals surface area contributed by atoms with Crippen LogP contribution in [0.15, 0.2) is 59.1 Å². The largest absolute Gasteiger partial charge is 0.248 e. The Balaban J connectivity index is 2.09. The molecule has 3 aromatic rings. The van der Waals surface area contributed by atoms with Gasteiger partial charge in [-0.2, -0.15) is 0 Å². The maximum absolute atomic E-state index is 4.79. The molecule has 0 aliphatic heterocycles. The number of rotatable bonds is 1. The van der Waals surface area contributed by atoms with Crippen LogP contribution in [0.3, 0.4) is 0 Å². The topological polar surface area (TPSA) is 12.9 Å². The van der Waals surface area contributed by atoms with Gasteiger partial charge in [0.1, 0.15) is 0 Å². The van der Waals surface area contributed by atoms with E-state index in [4.69, 9.17) is 4.98 Å². The summed E-state index contributed by atoms with van der Waals surface area (Å²) >= 11 is 3.51. The summed E-state index contributed by atoms with van der Waals surface area (Å²) in [7, 11) is 0. The van der Waals surface area contributed by atoms with E-state index >= 15 is 0 Å². The zero-order valence-corrected chi connectivity index (χ0v) is 14.1. The minimum atomic E-state index is 0.164. The van der Waals surface area contributed by atoms with E-state index in [1.54, 1.807) is 0 Å². The van der Waals surface area contributed by atoms with Crippen molar-refractivity contribution in [1.29, 1.82) is 0 Å². The third-order valence-electron chi connectivity index (χ3n) is 3.68. The van der Waals surface area contributed by atoms with Gasteiger partial charge in [0.25, 0.3) is 0 Å². The molecule has 2 aromatic carbocycles. The number of hydrogen-bond acceptors (Lipinski definition) is 1. The van der Waals surface area contributed by atoms with Crippen LogP contribution in [0.1, 0.15) is 26.3 Å². The quantitative estimate of drug-likeness (QED) is 0.532. The zero-order chi connectivity index (χ0) is 15.0. The Bertz CT molecular complexity index is 800. The van der Waals surface area contributed by atoms with Crippen LogP contribution < -0.4 is 0 Å². The summed E-state index contributed by atoms with van der Waals surface area (Å²) in [5, 5.41) is 1.20. The van der Waals surface area contributed by atoms with E-state index < -0.39 is 0 Å². The van der Waals surface area contributed by atoms with Gasteiger partial charge in [-0.1, -0.05) is 61.0 Å². The summed E-state index contributed by atoms with van der Waals surface area (Å²) in [6.45, 7) is 6.70. The number of hydrogen-bond donors (Lipinski definition) is 0. The minimum Gasteiger partial charge on any atom is -0.248 e. The standard InChI is InChI=1S/C19H18BrN/c1-19(2,3)15-8-10-18-14(11-15)7-9-17(21-18)13-5-4-6-16(20)12-13/h4-12H,1-3H3. The van der Waals surface area contributed by atoms with E-state index in [-0.39, 0.29) is 5.41 Å². The number of fused-ring (bicyclic) bond motifs is 1. The molecule has 3 rings (SSSR count). The molecule has 0 spiro atoms. The van der Waals surface area contributed by atoms with Crippen LogP contribution >= 0.6 is 15.9 Å². The maximum Gasteiger partial charge on any atom is 0.0710 e. The molecule has 0 unspecified atom stereocenters. The predicted octanol–water partition coefficient (Wildman–Crippen LogP) is 5.96. The van der Waals surface area contributed by atoms with Gasteiger partial charge >= 0.3 is 0 Å². The Hall–Kier alpha value is -1.67. The average Bonchev–Trinajstić information content (AvgIpc) is 2.45. The Morgan fingerprint density at radius 3 is 2.43 bits per heavy atom. The number of benzene rings is 2. The number of halogens is 1. The molecular formula is C19H18BrN. The van der Waals surface area contributed by atoms with E-state index in [2.05, 4.69) is 79.2 Å². The lowest BCUT2D eigenvalue weighted by atomic mass is 9.86. The average molecular weight is 340 g/mol. The SMILES string of the molecule is CC(C)(C)c1ccc2nc(-c3cccc(Br)c3)ccc2c1. The Morgan fingerprint density at radius 2 is 1.71 bits per heavy atom. The number of nitrogens with zero attached hydrogens (tertiary/aromatic N) is 1. The molecule has 0 bridgehead atoms. The van der Waals surface area contributed by atoms with E-state index in [0.29, 0.717) is 0 Å². The smallest absolute Gasteiger partial charge is 0.0710 e. The number of aromatic nitrogens is 1. The second kappa shape index (κ2) is 5.27. The molecule has 0 saturated carbocycles. The molecule has 0 amide bonds. The van der Waals surface area contributed by atoms with Crippen molar-refractivity contribution in [3.8, 4) is 11.3 Å². The fraction of sp³-hybridized carbons (Fsp3) is 0.211. The summed E-state index contributed by atoms with van der Waals surface area (Å²) in [4.78, 5) is 4.79. The first-order chi connectivity index (χ1) is 9.93. The molecule has 1 nitrogen and oxygen atoms in total. The molecule has 2 heteroatoms. The second-order valence-corrected chi connectivity index (χ2v) is 7.28. The Kier molecular flexibility index (Phi) is 3.58. The van der Waals surface area contributed by atoms with Gasteiger partial charge in [-0.15, -0.1) is 0 Å². The summed E-state index contributed by atoms with van der Waals surface area (Å²) in [6.07, 6.45) is 0. The molecule has 0 atom stereocenters. The van der Waals surface area contributed by atoms with Gasteiger partial charge in [0.2, 0.25) is 0 Å². The molecule has 1 aromatic heterocycles. The van der Waals surface area contributed by atoms with Crippen LogP contribution in [0.2, 0.25) is 0 Å². The van der Waals surface area contributed by atoms with Crippen molar-refractivity contribution in [1.82, 2.24) is 4.98 Å². The van der Waals surface area contributed by atoms with Crippen molar-refractivity contribution in [2.75, 3.05) is 0 Å². The highest BCUT2D eigenvalue weighted by Crippen LogP contribution is 2.28. The van der Waals surface area contributed by atoms with Gasteiger partial charge in [-0.05, 0) is 41.3 Å². The van der Waals surface area contributed by atoms with Crippen molar-refractivity contribution in [3.05, 3.63) is 64.6 Å². The van der Waals surface area contributed by atoms with Crippen LogP contribution in [0.4, 0.5) is 0 Å². The monoisotopic (exact) mass is 339 g/mol. The first kappa shape index (κ1) is 14.3. The van der Waals surface area contributed by atoms with Gasteiger partial charge in [0, 0.05) is 15.4 Å². The minimum absolute atomic E-state index is 0.164. The molecule has 21 heavy (non-hydrogen) atoms. The molecule has 0 saturated heterocycles. The Labute approximate surface area is 134 Å². The molecule has 0 N–H and O–H groups in total. The van der Waals surface area contributed by atoms with Crippen molar-refractivity contribution in [3.63, 3.8) is 0 Å². The molecule has 0 aliphatic carbocycles. The molecule has 0 aliphatic rings. The van der Waals surface area contributed by atoms with Crippen molar-refractivity contribution in [2.24, 2.45) is 0 Å². The maximum atomic E-state index is 4.79. The van der Waals surface area contributed by atoms with Crippen LogP contribution in [-0.2, 0) is 5.41 Å². The summed E-state index contributed by atoms with van der Waals surface area (Å²) in [5.41, 5.74) is 4.68. The fourth-order valence-corrected chi connectivity index (χ4v) is 2.80. The van der Waals surface area contributed by atoms with Crippen LogP contribution in [0.5, 0.6) is 0 Å². The highest BCUT2D eigenvalue weighted by atomic mass is 79.9. The summed E-state index contributed by atoms with van der Waals surface area (Å²) in [5.74, 6) is 0. The fourth-order valence-electron chi connectivity index (χ4n) is 2.40. The normalized spacial score (nSPS) is 11.8. The van der Waals surface area contributed by atoms with Crippen molar-refractivity contribution in [2.45, 2.75) is 26.2 Å².